The van der Waals surface area contributed by atoms with Crippen molar-refractivity contribution >= 4 is 57.3 Å². The summed E-state index contributed by atoms with van der Waals surface area (Å²) in [5.41, 5.74) is 4.42. The molecular weight excluding hydrogens is 431 g/mol. The molecule has 3 aromatic carbocycles. The van der Waals surface area contributed by atoms with E-state index in [1.807, 2.05) is 60.7 Å². The number of aromatic nitrogens is 1. The van der Waals surface area contributed by atoms with E-state index in [1.165, 1.54) is 0 Å². The van der Waals surface area contributed by atoms with Gasteiger partial charge < -0.3 is 10.1 Å². The second-order valence-corrected chi connectivity index (χ2v) is 7.99. The lowest BCUT2D eigenvalue weighted by Crippen LogP contribution is -2.04. The number of amides is 1. The van der Waals surface area contributed by atoms with Crippen molar-refractivity contribution in [2.75, 3.05) is 5.32 Å². The van der Waals surface area contributed by atoms with Crippen LogP contribution < -0.4 is 10.1 Å². The highest BCUT2D eigenvalue weighted by molar-refractivity contribution is 6.37. The lowest BCUT2D eigenvalue weighted by Gasteiger charge is -2.13. The van der Waals surface area contributed by atoms with Gasteiger partial charge in [0.25, 0.3) is 5.91 Å². The molecular formula is C25H16Cl2N2O2. The maximum atomic E-state index is 12.5. The number of rotatable bonds is 4. The Morgan fingerprint density at radius 2 is 1.77 bits per heavy atom. The van der Waals surface area contributed by atoms with Crippen LogP contribution in [0.15, 0.2) is 72.8 Å². The predicted octanol–water partition coefficient (Wildman–Crippen LogP) is 6.61. The van der Waals surface area contributed by atoms with Gasteiger partial charge in [0.05, 0.1) is 16.2 Å². The highest BCUT2D eigenvalue weighted by Crippen LogP contribution is 2.38. The Balaban J connectivity index is 1.50. The Morgan fingerprint density at radius 3 is 2.68 bits per heavy atom. The molecule has 31 heavy (non-hydrogen) atoms. The average Bonchev–Trinajstić information content (AvgIpc) is 3.08. The molecule has 1 N–H and O–H groups in total. The molecule has 0 unspecified atom stereocenters. The number of hydrogen-bond donors (Lipinski definition) is 1. The van der Waals surface area contributed by atoms with E-state index in [0.29, 0.717) is 26.9 Å². The summed E-state index contributed by atoms with van der Waals surface area (Å²) in [6.07, 6.45) is 1.75. The summed E-state index contributed by atoms with van der Waals surface area (Å²) in [7, 11) is 0. The zero-order valence-corrected chi connectivity index (χ0v) is 17.7. The van der Waals surface area contributed by atoms with Gasteiger partial charge >= 0.3 is 0 Å². The molecule has 5 rings (SSSR count). The summed E-state index contributed by atoms with van der Waals surface area (Å²) < 4.78 is 6.06. The zero-order valence-electron chi connectivity index (χ0n) is 16.2. The van der Waals surface area contributed by atoms with E-state index < -0.39 is 0 Å². The number of nitrogens with zero attached hydrogens (tertiary/aromatic N) is 1. The van der Waals surface area contributed by atoms with Crippen molar-refractivity contribution in [3.8, 4) is 5.75 Å². The molecule has 1 aliphatic rings. The van der Waals surface area contributed by atoms with Crippen LogP contribution in [0.1, 0.15) is 16.8 Å². The number of pyridine rings is 1. The summed E-state index contributed by atoms with van der Waals surface area (Å²) in [6, 6.07) is 22.7. The molecule has 4 nitrogen and oxygen atoms in total. The van der Waals surface area contributed by atoms with Crippen LogP contribution in [0.2, 0.25) is 10.0 Å². The van der Waals surface area contributed by atoms with Gasteiger partial charge in [-0.1, -0.05) is 65.7 Å². The minimum absolute atomic E-state index is 0.181. The van der Waals surface area contributed by atoms with E-state index in [9.17, 15) is 4.79 Å². The van der Waals surface area contributed by atoms with Gasteiger partial charge in [-0.15, -0.1) is 0 Å². The fourth-order valence-electron chi connectivity index (χ4n) is 3.61. The molecule has 0 radical (unpaired) electrons. The third kappa shape index (κ3) is 3.88. The summed E-state index contributed by atoms with van der Waals surface area (Å²) in [5.74, 6) is 0.269. The molecule has 0 saturated heterocycles. The molecule has 0 fully saturated rings. The first kappa shape index (κ1) is 19.6. The van der Waals surface area contributed by atoms with Gasteiger partial charge in [0.1, 0.15) is 12.4 Å². The second-order valence-electron chi connectivity index (χ2n) is 7.15. The van der Waals surface area contributed by atoms with Crippen LogP contribution in [-0.2, 0) is 11.4 Å². The van der Waals surface area contributed by atoms with E-state index in [-0.39, 0.29) is 12.5 Å². The largest absolute Gasteiger partial charge is 0.485 e. The van der Waals surface area contributed by atoms with Crippen LogP contribution >= 0.6 is 23.2 Å². The molecule has 1 aliphatic heterocycles. The van der Waals surface area contributed by atoms with Crippen molar-refractivity contribution in [2.24, 2.45) is 0 Å². The SMILES string of the molecule is O=C1Nc2ccccc2/C1=C\c1cc(Cl)cc(Cl)c1OCc1ccc2ccccc2n1. The molecule has 152 valence electrons. The summed E-state index contributed by atoms with van der Waals surface area (Å²) in [5, 5.41) is 4.75. The van der Waals surface area contributed by atoms with Crippen LogP contribution in [0, 0.1) is 0 Å². The summed E-state index contributed by atoms with van der Waals surface area (Å²) >= 11 is 12.7. The number of para-hydroxylation sites is 2. The fraction of sp³-hybridized carbons (Fsp3) is 0.0400. The number of carbonyl (C=O) groups excluding carboxylic acids is 1. The normalized spacial score (nSPS) is 14.0. The van der Waals surface area contributed by atoms with Gasteiger partial charge in [0.15, 0.2) is 0 Å². The highest BCUT2D eigenvalue weighted by atomic mass is 35.5. The second kappa shape index (κ2) is 8.06. The molecule has 6 heteroatoms. The minimum atomic E-state index is -0.181. The van der Waals surface area contributed by atoms with Gasteiger partial charge in [0.2, 0.25) is 0 Å². The van der Waals surface area contributed by atoms with Crippen molar-refractivity contribution in [1.29, 1.82) is 0 Å². The highest BCUT2D eigenvalue weighted by Gasteiger charge is 2.24. The molecule has 4 aromatic rings. The molecule has 1 aromatic heterocycles. The average molecular weight is 447 g/mol. The lowest BCUT2D eigenvalue weighted by atomic mass is 10.0. The smallest absolute Gasteiger partial charge is 0.256 e. The Labute approximate surface area is 189 Å². The van der Waals surface area contributed by atoms with Gasteiger partial charge in [-0.3, -0.25) is 4.79 Å². The van der Waals surface area contributed by atoms with Crippen molar-refractivity contribution in [2.45, 2.75) is 6.61 Å². The van der Waals surface area contributed by atoms with Crippen molar-refractivity contribution < 1.29 is 9.53 Å². The van der Waals surface area contributed by atoms with Crippen molar-refractivity contribution in [3.63, 3.8) is 0 Å². The summed E-state index contributed by atoms with van der Waals surface area (Å²) in [6.45, 7) is 0.227. The van der Waals surface area contributed by atoms with Crippen LogP contribution in [0.25, 0.3) is 22.6 Å². The van der Waals surface area contributed by atoms with Crippen molar-refractivity contribution in [3.05, 3.63) is 99.7 Å². The van der Waals surface area contributed by atoms with E-state index in [4.69, 9.17) is 27.9 Å². The molecule has 0 aliphatic carbocycles. The molecule has 0 saturated carbocycles. The Hall–Kier alpha value is -3.34. The van der Waals surface area contributed by atoms with Gasteiger partial charge in [-0.25, -0.2) is 4.98 Å². The third-order valence-electron chi connectivity index (χ3n) is 5.07. The van der Waals surface area contributed by atoms with E-state index >= 15 is 0 Å². The number of benzene rings is 3. The number of halogens is 2. The Morgan fingerprint density at radius 1 is 0.968 bits per heavy atom. The number of nitrogens with one attached hydrogen (secondary N) is 1. The Kier molecular flexibility index (Phi) is 5.10. The monoisotopic (exact) mass is 446 g/mol. The number of hydrogen-bond acceptors (Lipinski definition) is 3. The molecule has 0 spiro atoms. The van der Waals surface area contributed by atoms with Gasteiger partial charge in [-0.2, -0.15) is 0 Å². The van der Waals surface area contributed by atoms with Crippen LogP contribution in [-0.4, -0.2) is 10.9 Å². The topological polar surface area (TPSA) is 51.2 Å². The fourth-order valence-corrected chi connectivity index (χ4v) is 4.18. The quantitative estimate of drug-likeness (QED) is 0.358. The first-order valence-electron chi connectivity index (χ1n) is 9.67. The van der Waals surface area contributed by atoms with Crippen molar-refractivity contribution in [1.82, 2.24) is 4.98 Å². The number of fused-ring (bicyclic) bond motifs is 2. The maximum absolute atomic E-state index is 12.5. The van der Waals surface area contributed by atoms with Crippen LogP contribution in [0.5, 0.6) is 5.75 Å². The summed E-state index contributed by atoms with van der Waals surface area (Å²) in [4.78, 5) is 17.2. The lowest BCUT2D eigenvalue weighted by molar-refractivity contribution is -0.110. The van der Waals surface area contributed by atoms with E-state index in [2.05, 4.69) is 10.3 Å². The third-order valence-corrected chi connectivity index (χ3v) is 5.57. The van der Waals surface area contributed by atoms with Gasteiger partial charge in [0, 0.05) is 32.8 Å². The molecule has 0 bridgehead atoms. The standard InChI is InChI=1S/C25H16Cl2N2O2/c26-17-11-16(12-20-19-6-2-4-8-23(19)29-25(20)30)24(21(27)13-17)31-14-18-10-9-15-5-1-3-7-22(15)28-18/h1-13H,14H2,(H,29,30)/b20-12+. The minimum Gasteiger partial charge on any atom is -0.485 e. The van der Waals surface area contributed by atoms with Crippen LogP contribution in [0.4, 0.5) is 5.69 Å². The van der Waals surface area contributed by atoms with Crippen LogP contribution in [0.3, 0.4) is 0 Å². The maximum Gasteiger partial charge on any atom is 0.256 e. The number of ether oxygens (including phenoxy) is 1. The zero-order chi connectivity index (χ0) is 21.4. The first-order chi connectivity index (χ1) is 15.1. The van der Waals surface area contributed by atoms with E-state index in [1.54, 1.807) is 18.2 Å². The molecule has 0 atom stereocenters. The van der Waals surface area contributed by atoms with E-state index in [0.717, 1.165) is 27.8 Å². The number of carbonyl (C=O) groups is 1. The number of anilines is 1. The first-order valence-corrected chi connectivity index (χ1v) is 10.4. The predicted molar refractivity (Wildman–Crippen MR) is 125 cm³/mol. The molecule has 2 heterocycles. The Bertz CT molecular complexity index is 1360. The van der Waals surface area contributed by atoms with Gasteiger partial charge in [-0.05, 0) is 36.4 Å². The molecule has 1 amide bonds.